The number of hydrogen-bond acceptors (Lipinski definition) is 2. The molecular weight excluding hydrogens is 291 g/mol. The Labute approximate surface area is 108 Å². The van der Waals surface area contributed by atoms with Gasteiger partial charge >= 0.3 is 6.18 Å². The van der Waals surface area contributed by atoms with E-state index in [4.69, 9.17) is 11.6 Å². The zero-order valence-electron chi connectivity index (χ0n) is 8.97. The molecule has 0 aliphatic heterocycles. The molecule has 8 heteroatoms. The van der Waals surface area contributed by atoms with Crippen LogP contribution in [-0.4, -0.2) is 9.97 Å². The van der Waals surface area contributed by atoms with Crippen LogP contribution in [0.1, 0.15) is 5.69 Å². The summed E-state index contributed by atoms with van der Waals surface area (Å²) in [5.41, 5.74) is -2.19. The SMILES string of the molecule is Fc1cccc(-c2cc(C(F)(F)F)nc(Cl)n2)c1F. The van der Waals surface area contributed by atoms with Gasteiger partial charge in [-0.15, -0.1) is 0 Å². The van der Waals surface area contributed by atoms with Gasteiger partial charge in [-0.25, -0.2) is 18.7 Å². The van der Waals surface area contributed by atoms with E-state index in [1.807, 2.05) is 0 Å². The Hall–Kier alpha value is -1.76. The number of aromatic nitrogens is 2. The van der Waals surface area contributed by atoms with Crippen LogP contribution in [-0.2, 0) is 6.18 Å². The lowest BCUT2D eigenvalue weighted by Crippen LogP contribution is -2.09. The number of nitrogens with zero attached hydrogens (tertiary/aromatic N) is 2. The van der Waals surface area contributed by atoms with Gasteiger partial charge in [0.05, 0.1) is 5.69 Å². The molecule has 0 bridgehead atoms. The third-order valence-electron chi connectivity index (χ3n) is 2.22. The van der Waals surface area contributed by atoms with Gasteiger partial charge in [0.15, 0.2) is 11.6 Å². The maximum Gasteiger partial charge on any atom is 0.433 e. The molecule has 2 nitrogen and oxygen atoms in total. The molecule has 0 fully saturated rings. The lowest BCUT2D eigenvalue weighted by Gasteiger charge is -2.09. The summed E-state index contributed by atoms with van der Waals surface area (Å²) in [5.74, 6) is -2.49. The zero-order chi connectivity index (χ0) is 14.2. The van der Waals surface area contributed by atoms with Crippen LogP contribution in [0.2, 0.25) is 5.28 Å². The second kappa shape index (κ2) is 4.73. The monoisotopic (exact) mass is 294 g/mol. The summed E-state index contributed by atoms with van der Waals surface area (Å²) in [6, 6.07) is 3.59. The van der Waals surface area contributed by atoms with Crippen LogP contribution in [0.3, 0.4) is 0 Å². The van der Waals surface area contributed by atoms with E-state index < -0.39 is 40.0 Å². The van der Waals surface area contributed by atoms with Gasteiger partial charge in [-0.3, -0.25) is 0 Å². The highest BCUT2D eigenvalue weighted by molar-refractivity contribution is 6.28. The second-order valence-corrected chi connectivity index (χ2v) is 3.84. The van der Waals surface area contributed by atoms with Crippen LogP contribution in [0, 0.1) is 11.6 Å². The number of benzene rings is 1. The maximum absolute atomic E-state index is 13.5. The van der Waals surface area contributed by atoms with Crippen molar-refractivity contribution in [3.05, 3.63) is 46.9 Å². The van der Waals surface area contributed by atoms with E-state index in [0.717, 1.165) is 18.2 Å². The Morgan fingerprint density at radius 1 is 1.05 bits per heavy atom. The molecule has 0 aliphatic rings. The third kappa shape index (κ3) is 2.81. The zero-order valence-corrected chi connectivity index (χ0v) is 9.73. The number of rotatable bonds is 1. The van der Waals surface area contributed by atoms with Crippen LogP contribution in [0.15, 0.2) is 24.3 Å². The van der Waals surface area contributed by atoms with Gasteiger partial charge in [0.2, 0.25) is 5.28 Å². The number of halogens is 6. The predicted molar refractivity (Wildman–Crippen MR) is 57.4 cm³/mol. The molecule has 0 atom stereocenters. The Kier molecular flexibility index (Phi) is 3.40. The van der Waals surface area contributed by atoms with Crippen molar-refractivity contribution in [2.24, 2.45) is 0 Å². The van der Waals surface area contributed by atoms with Crippen LogP contribution >= 0.6 is 11.6 Å². The molecule has 1 aromatic carbocycles. The quantitative estimate of drug-likeness (QED) is 0.585. The first-order valence-corrected chi connectivity index (χ1v) is 5.23. The summed E-state index contributed by atoms with van der Waals surface area (Å²) >= 11 is 5.36. The molecule has 0 unspecified atom stereocenters. The minimum Gasteiger partial charge on any atom is -0.218 e. The van der Waals surface area contributed by atoms with E-state index in [9.17, 15) is 22.0 Å². The standard InChI is InChI=1S/C11H4ClF5N2/c12-10-18-7(4-8(19-10)11(15,16)17)5-2-1-3-6(13)9(5)14/h1-4H. The smallest absolute Gasteiger partial charge is 0.218 e. The average Bonchev–Trinajstić information content (AvgIpc) is 2.31. The van der Waals surface area contributed by atoms with Crippen molar-refractivity contribution < 1.29 is 22.0 Å². The largest absolute Gasteiger partial charge is 0.433 e. The fraction of sp³-hybridized carbons (Fsp3) is 0.0909. The average molecular weight is 295 g/mol. The number of hydrogen-bond donors (Lipinski definition) is 0. The van der Waals surface area contributed by atoms with E-state index in [1.165, 1.54) is 0 Å². The molecule has 0 saturated heterocycles. The van der Waals surface area contributed by atoms with Crippen LogP contribution < -0.4 is 0 Å². The highest BCUT2D eigenvalue weighted by atomic mass is 35.5. The second-order valence-electron chi connectivity index (χ2n) is 3.51. The normalized spacial score (nSPS) is 11.7. The molecule has 2 aromatic rings. The molecule has 19 heavy (non-hydrogen) atoms. The van der Waals surface area contributed by atoms with Crippen LogP contribution in [0.25, 0.3) is 11.3 Å². The summed E-state index contributed by atoms with van der Waals surface area (Å²) in [7, 11) is 0. The molecule has 0 amide bonds. The molecule has 0 spiro atoms. The van der Waals surface area contributed by atoms with Gasteiger partial charge in [-0.2, -0.15) is 13.2 Å². The molecule has 100 valence electrons. The van der Waals surface area contributed by atoms with Gasteiger partial charge in [-0.05, 0) is 29.8 Å². The fourth-order valence-corrected chi connectivity index (χ4v) is 1.58. The maximum atomic E-state index is 13.5. The van der Waals surface area contributed by atoms with E-state index in [-0.39, 0.29) is 0 Å². The lowest BCUT2D eigenvalue weighted by molar-refractivity contribution is -0.141. The van der Waals surface area contributed by atoms with Crippen molar-refractivity contribution in [3.63, 3.8) is 0 Å². The van der Waals surface area contributed by atoms with Crippen LogP contribution in [0.4, 0.5) is 22.0 Å². The first kappa shape index (κ1) is 13.7. The van der Waals surface area contributed by atoms with E-state index >= 15 is 0 Å². The Morgan fingerprint density at radius 2 is 1.74 bits per heavy atom. The Balaban J connectivity index is 2.63. The summed E-state index contributed by atoms with van der Waals surface area (Å²) < 4.78 is 64.1. The molecule has 1 heterocycles. The van der Waals surface area contributed by atoms with Gasteiger partial charge < -0.3 is 0 Å². The van der Waals surface area contributed by atoms with Gasteiger partial charge in [-0.1, -0.05) is 6.07 Å². The third-order valence-corrected chi connectivity index (χ3v) is 2.39. The lowest BCUT2D eigenvalue weighted by atomic mass is 10.1. The van der Waals surface area contributed by atoms with E-state index in [2.05, 4.69) is 9.97 Å². The first-order chi connectivity index (χ1) is 8.79. The molecule has 0 aliphatic carbocycles. The topological polar surface area (TPSA) is 25.8 Å². The summed E-state index contributed by atoms with van der Waals surface area (Å²) in [6.45, 7) is 0. The molecule has 2 rings (SSSR count). The highest BCUT2D eigenvalue weighted by Crippen LogP contribution is 2.32. The molecule has 0 saturated carbocycles. The minimum atomic E-state index is -4.76. The summed E-state index contributed by atoms with van der Waals surface area (Å²) in [5, 5.41) is -0.700. The van der Waals surface area contributed by atoms with Gasteiger partial charge in [0, 0.05) is 5.56 Å². The van der Waals surface area contributed by atoms with Gasteiger partial charge in [0.25, 0.3) is 0 Å². The van der Waals surface area contributed by atoms with Crippen molar-refractivity contribution in [2.75, 3.05) is 0 Å². The van der Waals surface area contributed by atoms with Gasteiger partial charge in [0.1, 0.15) is 5.69 Å². The van der Waals surface area contributed by atoms with Crippen molar-refractivity contribution in [3.8, 4) is 11.3 Å². The Bertz CT molecular complexity index is 627. The van der Waals surface area contributed by atoms with E-state index in [0.29, 0.717) is 6.07 Å². The fourth-order valence-electron chi connectivity index (χ4n) is 1.40. The van der Waals surface area contributed by atoms with Crippen molar-refractivity contribution in [1.82, 2.24) is 9.97 Å². The van der Waals surface area contributed by atoms with Crippen molar-refractivity contribution in [2.45, 2.75) is 6.18 Å². The first-order valence-electron chi connectivity index (χ1n) is 4.85. The van der Waals surface area contributed by atoms with Crippen LogP contribution in [0.5, 0.6) is 0 Å². The minimum absolute atomic E-state index is 0.421. The summed E-state index contributed by atoms with van der Waals surface area (Å²) in [4.78, 5) is 6.46. The van der Waals surface area contributed by atoms with Crippen molar-refractivity contribution >= 4 is 11.6 Å². The Morgan fingerprint density at radius 3 is 2.37 bits per heavy atom. The summed E-state index contributed by atoms with van der Waals surface area (Å²) in [6.07, 6.45) is -4.76. The van der Waals surface area contributed by atoms with Crippen molar-refractivity contribution in [1.29, 1.82) is 0 Å². The number of alkyl halides is 3. The van der Waals surface area contributed by atoms with E-state index in [1.54, 1.807) is 0 Å². The molecular formula is C11H4ClF5N2. The highest BCUT2D eigenvalue weighted by Gasteiger charge is 2.34. The molecule has 0 N–H and O–H groups in total. The molecule has 1 aromatic heterocycles. The predicted octanol–water partition coefficient (Wildman–Crippen LogP) is 4.09. The molecule has 0 radical (unpaired) electrons.